The third kappa shape index (κ3) is 10.5. The number of thiazole rings is 1. The quantitative estimate of drug-likeness (QED) is 0.0120. The Hall–Kier alpha value is -5.95. The summed E-state index contributed by atoms with van der Waals surface area (Å²) in [5.74, 6) is -1.91. The van der Waals surface area contributed by atoms with Crippen LogP contribution >= 0.6 is 58.8 Å². The number of hydrogen-bond donors (Lipinski definition) is 2. The number of hydrogen-bond acceptors (Lipinski definition) is 15. The Morgan fingerprint density at radius 2 is 1.56 bits per heavy atom. The number of nitrogens with zero attached hydrogens (tertiary/aromatic N) is 6. The Bertz CT molecular complexity index is 2440. The number of thioether (sulfide) groups is 2. The van der Waals surface area contributed by atoms with Gasteiger partial charge in [0.15, 0.2) is 10.8 Å². The number of esters is 1. The molecule has 1 saturated heterocycles. The van der Waals surface area contributed by atoms with Crippen LogP contribution in [-0.4, -0.2) is 91.3 Å². The zero-order chi connectivity index (χ0) is 44.6. The molecule has 19 heteroatoms. The van der Waals surface area contributed by atoms with Crippen molar-refractivity contribution in [1.82, 2.24) is 25.1 Å². The summed E-state index contributed by atoms with van der Waals surface area (Å²) < 4.78 is 11.4. The maximum absolute atomic E-state index is 14.0. The molecule has 2 unspecified atom stereocenters. The van der Waals surface area contributed by atoms with E-state index in [2.05, 4.69) is 20.8 Å². The van der Waals surface area contributed by atoms with Gasteiger partial charge in [-0.05, 0) is 55.7 Å². The molecule has 3 amide bonds. The molecule has 3 atom stereocenters. The molecule has 5 aromatic rings. The second-order valence-corrected chi connectivity index (χ2v) is 18.0. The van der Waals surface area contributed by atoms with E-state index in [1.54, 1.807) is 38.3 Å². The highest BCUT2D eigenvalue weighted by Crippen LogP contribution is 2.42. The predicted octanol–water partition coefficient (Wildman–Crippen LogP) is 7.57. The van der Waals surface area contributed by atoms with Gasteiger partial charge in [-0.15, -0.1) is 47.1 Å². The summed E-state index contributed by atoms with van der Waals surface area (Å²) in [6.07, 6.45) is 3.72. The molecule has 330 valence electrons. The number of amides is 3. The molecular formula is C45H43IN8O7S3. The van der Waals surface area contributed by atoms with Gasteiger partial charge in [-0.1, -0.05) is 108 Å². The highest BCUT2D eigenvalue weighted by Gasteiger charge is 2.54. The van der Waals surface area contributed by atoms with Gasteiger partial charge in [0.05, 0.1) is 6.07 Å². The Kier molecular flexibility index (Phi) is 15.7. The number of halogens is 1. The minimum absolute atomic E-state index is 0. The molecule has 3 aromatic carbocycles. The van der Waals surface area contributed by atoms with E-state index >= 15 is 0 Å². The van der Waals surface area contributed by atoms with Crippen molar-refractivity contribution in [1.29, 1.82) is 5.26 Å². The molecule has 0 aliphatic carbocycles. The number of nitrogens with one attached hydrogen (secondary N) is 2. The lowest BCUT2D eigenvalue weighted by atomic mass is 9.77. The Morgan fingerprint density at radius 3 is 2.11 bits per heavy atom. The molecule has 64 heavy (non-hydrogen) atoms. The number of oxime groups is 1. The van der Waals surface area contributed by atoms with Crippen molar-refractivity contribution in [2.45, 2.75) is 53.8 Å². The first-order chi connectivity index (χ1) is 30.4. The molecule has 0 saturated carbocycles. The van der Waals surface area contributed by atoms with Gasteiger partial charge in [0, 0.05) is 28.4 Å². The van der Waals surface area contributed by atoms with Gasteiger partial charge < -0.3 is 24.9 Å². The standard InChI is InChI=1S/C45H42N8O7S3.HI/c1-44(2,3)60-42(57)52(26-23-46)43(63-32-20-24-47-25-21-32)59-40(56)34-22-27-61-39-36(38(55)53(34)39)49-37(54)35(51-58-4)33-28-62-41(48-33)50-45(29-14-8-5-9-15-29,30-16-10-6-11-17-30)31-18-12-7-13-19-31;/h5-22,24-25,28,36,39,43H,26-27H2,1-4H3,(H,48,50)(H,49,54);1H/b51-35-;/t36?,39-,43?;/m0./s1. The van der Waals surface area contributed by atoms with E-state index in [9.17, 15) is 24.4 Å². The van der Waals surface area contributed by atoms with Crippen LogP contribution in [0.4, 0.5) is 9.93 Å². The van der Waals surface area contributed by atoms with E-state index in [1.165, 1.54) is 53.6 Å². The summed E-state index contributed by atoms with van der Waals surface area (Å²) in [6.45, 7) is 4.56. The molecule has 7 rings (SSSR count). The molecular weight excluding hydrogens is 988 g/mol. The van der Waals surface area contributed by atoms with E-state index in [1.807, 2.05) is 97.1 Å². The Morgan fingerprint density at radius 1 is 0.969 bits per heavy atom. The van der Waals surface area contributed by atoms with E-state index in [-0.39, 0.29) is 41.1 Å². The minimum Gasteiger partial charge on any atom is -0.444 e. The fourth-order valence-electron chi connectivity index (χ4n) is 6.87. The molecule has 2 aromatic heterocycles. The van der Waals surface area contributed by atoms with Gasteiger partial charge in [-0.2, -0.15) is 5.26 Å². The van der Waals surface area contributed by atoms with E-state index in [0.717, 1.165) is 33.4 Å². The number of carbonyl (C=O) groups is 4. The molecule has 2 aliphatic heterocycles. The lowest BCUT2D eigenvalue weighted by molar-refractivity contribution is -0.155. The van der Waals surface area contributed by atoms with Crippen molar-refractivity contribution >= 4 is 93.6 Å². The minimum atomic E-state index is -1.36. The van der Waals surface area contributed by atoms with Crippen LogP contribution in [0, 0.1) is 11.3 Å². The highest BCUT2D eigenvalue weighted by atomic mass is 127. The van der Waals surface area contributed by atoms with E-state index in [0.29, 0.717) is 15.8 Å². The lowest BCUT2D eigenvalue weighted by Crippen LogP contribution is -2.70. The molecule has 0 spiro atoms. The number of rotatable bonds is 15. The highest BCUT2D eigenvalue weighted by molar-refractivity contribution is 14.0. The van der Waals surface area contributed by atoms with Crippen molar-refractivity contribution in [2.75, 3.05) is 24.7 Å². The molecule has 15 nitrogen and oxygen atoms in total. The van der Waals surface area contributed by atoms with Crippen LogP contribution in [0.1, 0.15) is 43.2 Å². The summed E-state index contributed by atoms with van der Waals surface area (Å²) in [5, 5.41) is 21.6. The first kappa shape index (κ1) is 47.5. The van der Waals surface area contributed by atoms with Gasteiger partial charge >= 0.3 is 12.1 Å². The van der Waals surface area contributed by atoms with Crippen LogP contribution in [0.5, 0.6) is 0 Å². The maximum atomic E-state index is 14.0. The number of anilines is 1. The zero-order valence-electron chi connectivity index (χ0n) is 34.9. The van der Waals surface area contributed by atoms with Crippen LogP contribution in [0.15, 0.2) is 143 Å². The average molecular weight is 1030 g/mol. The number of β-lactam (4-membered cyclic amide) rings is 1. The lowest BCUT2D eigenvalue weighted by Gasteiger charge is -2.48. The summed E-state index contributed by atoms with van der Waals surface area (Å²) in [5.41, 5.74) is -0.299. The first-order valence-electron chi connectivity index (χ1n) is 19.5. The van der Waals surface area contributed by atoms with Crippen molar-refractivity contribution in [3.8, 4) is 6.07 Å². The Labute approximate surface area is 399 Å². The summed E-state index contributed by atoms with van der Waals surface area (Å²) >= 11 is 3.59. The number of ether oxygens (including phenoxy) is 2. The summed E-state index contributed by atoms with van der Waals surface area (Å²) in [7, 11) is 1.31. The number of nitriles is 1. The second-order valence-electron chi connectivity index (χ2n) is 14.9. The second kappa shape index (κ2) is 21.2. The van der Waals surface area contributed by atoms with Crippen LogP contribution in [0.25, 0.3) is 0 Å². The fourth-order valence-corrected chi connectivity index (χ4v) is 9.75. The van der Waals surface area contributed by atoms with Gasteiger partial charge in [-0.25, -0.2) is 19.5 Å². The molecule has 2 N–H and O–H groups in total. The van der Waals surface area contributed by atoms with E-state index < -0.39 is 58.5 Å². The third-order valence-corrected chi connectivity index (χ3v) is 12.7. The predicted molar refractivity (Wildman–Crippen MR) is 256 cm³/mol. The normalized spacial score (nSPS) is 16.3. The third-order valence-electron chi connectivity index (χ3n) is 9.62. The average Bonchev–Trinajstić information content (AvgIpc) is 3.76. The maximum Gasteiger partial charge on any atom is 0.414 e. The van der Waals surface area contributed by atoms with Crippen LogP contribution in [0.3, 0.4) is 0 Å². The zero-order valence-corrected chi connectivity index (χ0v) is 39.7. The summed E-state index contributed by atoms with van der Waals surface area (Å²) in [6, 6.07) is 34.2. The number of pyridine rings is 1. The number of benzene rings is 3. The monoisotopic (exact) mass is 1030 g/mol. The molecule has 1 fully saturated rings. The first-order valence-corrected chi connectivity index (χ1v) is 22.4. The van der Waals surface area contributed by atoms with Gasteiger partial charge in [-0.3, -0.25) is 19.5 Å². The van der Waals surface area contributed by atoms with Crippen molar-refractivity contribution in [2.24, 2.45) is 5.16 Å². The van der Waals surface area contributed by atoms with Crippen molar-refractivity contribution in [3.05, 3.63) is 155 Å². The van der Waals surface area contributed by atoms with Crippen LogP contribution in [0.2, 0.25) is 0 Å². The number of aromatic nitrogens is 2. The van der Waals surface area contributed by atoms with Gasteiger partial charge in [0.1, 0.15) is 47.6 Å². The largest absolute Gasteiger partial charge is 0.444 e. The smallest absolute Gasteiger partial charge is 0.414 e. The SMILES string of the molecule is CO/N=C(\C(=O)NC1C(=O)N2C(C(=O)OC(Sc3ccncc3)N(CC#N)C(=O)OC(C)(C)C)=CCS[C@@H]12)c1csc(NC(c2ccccc2)(c2ccccc2)c2ccccc2)n1.I. The molecule has 2 aliphatic rings. The number of carbonyl (C=O) groups excluding carboxylic acids is 4. The van der Waals surface area contributed by atoms with Gasteiger partial charge in [0.25, 0.3) is 11.8 Å². The van der Waals surface area contributed by atoms with E-state index in [4.69, 9.17) is 19.3 Å². The molecule has 0 bridgehead atoms. The number of fused-ring (bicyclic) bond motifs is 1. The fraction of sp³-hybridized carbons (Fsp3) is 0.244. The molecule has 0 radical (unpaired) electrons. The van der Waals surface area contributed by atoms with Crippen molar-refractivity contribution < 1.29 is 33.5 Å². The van der Waals surface area contributed by atoms with Crippen LogP contribution < -0.4 is 10.6 Å². The van der Waals surface area contributed by atoms with Crippen LogP contribution in [-0.2, 0) is 34.2 Å². The summed E-state index contributed by atoms with van der Waals surface area (Å²) in [4.78, 5) is 71.8. The molecule has 4 heterocycles. The Balaban J connectivity index is 0.00000680. The van der Waals surface area contributed by atoms with Crippen molar-refractivity contribution in [3.63, 3.8) is 0 Å². The topological polar surface area (TPSA) is 188 Å². The van der Waals surface area contributed by atoms with Gasteiger partial charge in [0.2, 0.25) is 5.56 Å².